The molecule has 0 radical (unpaired) electrons. The van der Waals surface area contributed by atoms with Crippen LogP contribution in [0.5, 0.6) is 5.75 Å². The van der Waals surface area contributed by atoms with Crippen LogP contribution in [-0.2, 0) is 40.4 Å². The predicted molar refractivity (Wildman–Crippen MR) is 451 cm³/mol. The number of cyclic esters (lactones) is 1. The molecule has 29 nitrogen and oxygen atoms in total. The van der Waals surface area contributed by atoms with Gasteiger partial charge in [-0.05, 0) is 113 Å². The third-order valence-corrected chi connectivity index (χ3v) is 17.0. The monoisotopic (exact) mass is 1590 g/mol. The number of H-pyrrole nitrogens is 3. The number of aromatic nitrogens is 9. The predicted octanol–water partition coefficient (Wildman–Crippen LogP) is 14.9. The Morgan fingerprint density at radius 1 is 0.345 bits per heavy atom. The molecule has 22 rings (SSSR count). The van der Waals surface area contributed by atoms with E-state index in [-0.39, 0.29) is 36.1 Å². The first kappa shape index (κ1) is 81.5. The number of benzene rings is 11. The number of para-hydroxylation sites is 11. The minimum Gasteiger partial charge on any atom is -0.444 e. The van der Waals surface area contributed by atoms with Gasteiger partial charge in [0.25, 0.3) is 5.91 Å². The Bertz CT molecular complexity index is 6230. The Balaban J connectivity index is 0.000000120. The molecule has 0 fully saturated rings. The molecule has 8 N–H and O–H groups in total. The number of aromatic amines is 3. The number of nitrogens with one attached hydrogen (secondary N) is 8. The summed E-state index contributed by atoms with van der Waals surface area (Å²) in [4.78, 5) is 139. The number of nitrogens with zero attached hydrogens (tertiary/aromatic N) is 6. The fraction of sp³-hybridized carbons (Fsp3) is 0.0444. The van der Waals surface area contributed by atoms with Gasteiger partial charge < -0.3 is 58.9 Å². The van der Waals surface area contributed by atoms with Crippen molar-refractivity contribution in [2.24, 2.45) is 0 Å². The molecule has 29 heteroatoms. The molecule has 0 spiro atoms. The molecule has 0 saturated carbocycles. The van der Waals surface area contributed by atoms with E-state index in [1.165, 1.54) is 28.6 Å². The summed E-state index contributed by atoms with van der Waals surface area (Å²) in [6.45, 7) is 1.57. The molecule has 0 aliphatic carbocycles. The van der Waals surface area contributed by atoms with Gasteiger partial charge in [-0.2, -0.15) is 4.98 Å². The van der Waals surface area contributed by atoms with E-state index in [0.29, 0.717) is 53.2 Å². The van der Waals surface area contributed by atoms with E-state index in [9.17, 15) is 47.9 Å². The summed E-state index contributed by atoms with van der Waals surface area (Å²) in [5.41, 5.74) is 10.6. The Morgan fingerprint density at radius 2 is 0.882 bits per heavy atom. The molecule has 0 atom stereocenters. The molecule has 119 heavy (non-hydrogen) atoms. The zero-order valence-electron chi connectivity index (χ0n) is 62.8. The van der Waals surface area contributed by atoms with Crippen molar-refractivity contribution < 1.29 is 46.7 Å². The number of hydrogen-bond acceptors (Lipinski definition) is 21. The SMILES string of the molecule is O=C1Cc2ccccc2NC1=O.O=C1NCc2ccccc2N1.O=C1NCc2ccccc2O1.O=C1Nc2ccccc2CO1.O=c1[nH]c2ccccc2oc1=O.O=c1cnc2ccccc2o1.O=c1ncc2ccccc2[nH]1.O=c1ncc2ccccc2o1.c1ccc2ccccc2c1.c1ccc2ncccc2c1.c1cnc2nc[nH]c2c1. The van der Waals surface area contributed by atoms with Crippen LogP contribution in [0, 0.1) is 0 Å². The van der Waals surface area contributed by atoms with Crippen LogP contribution in [0.2, 0.25) is 0 Å². The zero-order chi connectivity index (χ0) is 82.9. The molecular formula is C90H70N14O15. The van der Waals surface area contributed by atoms with E-state index < -0.39 is 28.5 Å². The van der Waals surface area contributed by atoms with Gasteiger partial charge in [0.05, 0.1) is 34.1 Å². The van der Waals surface area contributed by atoms with Crippen LogP contribution in [-0.4, -0.2) is 74.8 Å². The Morgan fingerprint density at radius 3 is 1.61 bits per heavy atom. The number of carbonyl (C=O) groups is 5. The highest BCUT2D eigenvalue weighted by molar-refractivity contribution is 6.42. The highest BCUT2D eigenvalue weighted by atomic mass is 16.6. The number of amides is 5. The van der Waals surface area contributed by atoms with Crippen molar-refractivity contribution in [3.8, 4) is 5.75 Å². The van der Waals surface area contributed by atoms with Gasteiger partial charge in [-0.15, -0.1) is 0 Å². The molecule has 0 unspecified atom stereocenters. The van der Waals surface area contributed by atoms with Crippen molar-refractivity contribution in [1.82, 2.24) is 55.5 Å². The summed E-state index contributed by atoms with van der Waals surface area (Å²) >= 11 is 0. The van der Waals surface area contributed by atoms with Crippen LogP contribution in [0.25, 0.3) is 76.9 Å². The first-order valence-corrected chi connectivity index (χ1v) is 36.4. The minimum absolute atomic E-state index is 0.122. The number of pyridine rings is 2. The van der Waals surface area contributed by atoms with E-state index in [4.69, 9.17) is 22.7 Å². The van der Waals surface area contributed by atoms with Crippen molar-refractivity contribution >= 4 is 124 Å². The fourth-order valence-electron chi connectivity index (χ4n) is 11.2. The lowest BCUT2D eigenvalue weighted by atomic mass is 10.0. The van der Waals surface area contributed by atoms with E-state index in [1.54, 1.807) is 79.4 Å². The summed E-state index contributed by atoms with van der Waals surface area (Å²) in [6, 6.07) is 91.3. The second-order valence-electron chi connectivity index (χ2n) is 25.1. The molecule has 11 heterocycles. The van der Waals surface area contributed by atoms with Crippen molar-refractivity contribution in [2.45, 2.75) is 26.1 Å². The van der Waals surface area contributed by atoms with E-state index in [2.05, 4.69) is 132 Å². The normalized spacial score (nSPS) is 11.9. The van der Waals surface area contributed by atoms with E-state index in [0.717, 1.165) is 72.3 Å². The zero-order valence-corrected chi connectivity index (χ0v) is 62.8. The number of urea groups is 1. The number of rotatable bonds is 0. The number of Topliss-reactive ketones (excluding diaryl/α,β-unsaturated/α-hetero) is 1. The lowest BCUT2D eigenvalue weighted by molar-refractivity contribution is -0.134. The quantitative estimate of drug-likeness (QED) is 0.0654. The van der Waals surface area contributed by atoms with Crippen molar-refractivity contribution in [2.75, 3.05) is 16.0 Å². The minimum atomic E-state index is -0.867. The lowest BCUT2D eigenvalue weighted by Gasteiger charge is -2.17. The van der Waals surface area contributed by atoms with Crippen LogP contribution < -0.4 is 59.6 Å². The van der Waals surface area contributed by atoms with Crippen molar-refractivity contribution in [1.29, 1.82) is 0 Å². The molecule has 4 aliphatic heterocycles. The maximum absolute atomic E-state index is 10.9. The largest absolute Gasteiger partial charge is 0.444 e. The maximum atomic E-state index is 10.9. The Labute approximate surface area is 673 Å². The fourth-order valence-corrected chi connectivity index (χ4v) is 11.2. The first-order valence-electron chi connectivity index (χ1n) is 36.4. The third kappa shape index (κ3) is 24.3. The Kier molecular flexibility index (Phi) is 28.4. The van der Waals surface area contributed by atoms with Crippen LogP contribution in [0.4, 0.5) is 31.4 Å². The molecule has 5 amide bonds. The molecule has 18 aromatic rings. The van der Waals surface area contributed by atoms with Crippen LogP contribution in [0.15, 0.2) is 366 Å². The van der Waals surface area contributed by atoms with Gasteiger partial charge in [-0.3, -0.25) is 24.7 Å². The van der Waals surface area contributed by atoms with Gasteiger partial charge in [-0.25, -0.2) is 53.5 Å². The lowest BCUT2D eigenvalue weighted by Crippen LogP contribution is -2.33. The third-order valence-electron chi connectivity index (χ3n) is 17.0. The number of ketones is 1. The number of anilines is 3. The highest BCUT2D eigenvalue weighted by Gasteiger charge is 2.22. The van der Waals surface area contributed by atoms with Crippen molar-refractivity contribution in [3.63, 3.8) is 0 Å². The van der Waals surface area contributed by atoms with Crippen LogP contribution in [0.1, 0.15) is 22.3 Å². The topological polar surface area (TPSA) is 413 Å². The van der Waals surface area contributed by atoms with Crippen molar-refractivity contribution in [3.05, 3.63) is 403 Å². The molecule has 0 bridgehead atoms. The second kappa shape index (κ2) is 41.5. The number of ether oxygens (including phenoxy) is 2. The molecule has 11 aromatic carbocycles. The van der Waals surface area contributed by atoms with Gasteiger partial charge in [-0.1, -0.05) is 200 Å². The standard InChI is InChI=1S/C10H8.C9H7NO2.C9H7N.C8H8N2O.C8H6N2O.C8H5NO3.C8H5NO2.2C8H7NO2.C8H5NO2.C6H5N3/c1-2-6-10-8-4-3-7-9(10)5-1;11-8-5-6-3-1-2-4-7(6)10-9(8)12;1-2-6-9-8(4-1)5-3-7-10-9;2*11-8-9-5-6-3-1-2-4-7(6)10-8;10-7-8(11)12-6-4-2-1-3-5(6)9-7;10-8-5-9-6-3-1-2-4-7(6)11-8;10-8-9-7-4-2-1-3-6(7)5-11-8;2*10-8-9-5-6-3-1-2-4-7(6)11-8;1-2-5-6(7-3-1)9-4-8-5/h1-8H;1-4H,5H2,(H,10,12);1-7H;1-4H,5H2,(H2,9,10,11);1-5H,(H,9,10,11);1-4H,(H,9,10);1-5H;2*1-4H,5H2,(H,9,10);1-5H;1-4H,(H,7,8,9). The number of fused-ring (bicyclic) bond motifs is 11. The maximum Gasteiger partial charge on any atom is 0.439 e. The number of carbonyl (C=O) groups excluding carboxylic acids is 5. The molecule has 7 aromatic heterocycles. The summed E-state index contributed by atoms with van der Waals surface area (Å²) in [6.07, 6.45) is 8.88. The van der Waals surface area contributed by atoms with Gasteiger partial charge in [0.15, 0.2) is 16.8 Å². The molecule has 0 saturated heterocycles. The summed E-state index contributed by atoms with van der Waals surface area (Å²) in [7, 11) is 0. The first-order chi connectivity index (χ1) is 58.1. The average molecular weight is 1590 g/mol. The smallest absolute Gasteiger partial charge is 0.439 e. The van der Waals surface area contributed by atoms with E-state index in [1.807, 2.05) is 176 Å². The molecular weight excluding hydrogens is 1520 g/mol. The number of hydrogen-bond donors (Lipinski definition) is 8. The van der Waals surface area contributed by atoms with Gasteiger partial charge in [0.1, 0.15) is 29.7 Å². The molecule has 590 valence electrons. The second-order valence-corrected chi connectivity index (χ2v) is 25.1. The summed E-state index contributed by atoms with van der Waals surface area (Å²) in [5.74, 6) is -0.762. The highest BCUT2D eigenvalue weighted by Crippen LogP contribution is 2.24. The Hall–Kier alpha value is -17.0. The number of imidazole rings is 1. The van der Waals surface area contributed by atoms with Gasteiger partial charge >= 0.3 is 46.5 Å². The van der Waals surface area contributed by atoms with Gasteiger partial charge in [0.2, 0.25) is 5.78 Å². The van der Waals surface area contributed by atoms with Crippen LogP contribution in [0.3, 0.4) is 0 Å². The van der Waals surface area contributed by atoms with Gasteiger partial charge in [0, 0.05) is 83.0 Å². The van der Waals surface area contributed by atoms with Crippen LogP contribution >= 0.6 is 0 Å². The van der Waals surface area contributed by atoms with E-state index >= 15 is 0 Å². The average Bonchev–Trinajstić information content (AvgIpc) is 1.57. The summed E-state index contributed by atoms with van der Waals surface area (Å²) in [5, 5.41) is 18.7. The molecule has 4 aliphatic rings. The summed E-state index contributed by atoms with van der Waals surface area (Å²) < 4.78 is 24.0.